The molecule has 0 saturated heterocycles. The molecule has 1 amide bonds. The zero-order valence-corrected chi connectivity index (χ0v) is 12.8. The molecule has 0 fully saturated rings. The Morgan fingerprint density at radius 1 is 1.33 bits per heavy atom. The lowest BCUT2D eigenvalue weighted by Gasteiger charge is -2.29. The highest BCUT2D eigenvalue weighted by Gasteiger charge is 2.29. The van der Waals surface area contributed by atoms with Crippen LogP contribution in [-0.2, 0) is 10.2 Å². The van der Waals surface area contributed by atoms with Gasteiger partial charge in [0.05, 0.1) is 5.54 Å². The number of carbonyl (C=O) groups is 1. The maximum atomic E-state index is 12.1. The fourth-order valence-electron chi connectivity index (χ4n) is 1.80. The third-order valence-corrected chi connectivity index (χ3v) is 4.30. The highest BCUT2D eigenvalue weighted by Crippen LogP contribution is 2.26. The van der Waals surface area contributed by atoms with Crippen LogP contribution in [0.1, 0.15) is 39.5 Å². The van der Waals surface area contributed by atoms with E-state index in [-0.39, 0.29) is 11.3 Å². The Hall–Kier alpha value is -0.870. The second-order valence-corrected chi connectivity index (χ2v) is 6.65. The van der Waals surface area contributed by atoms with Crippen LogP contribution >= 0.6 is 11.3 Å². The zero-order valence-electron chi connectivity index (χ0n) is 12.0. The molecule has 0 saturated carbocycles. The van der Waals surface area contributed by atoms with Gasteiger partial charge in [0.2, 0.25) is 5.91 Å². The molecular weight excluding hydrogens is 244 g/mol. The van der Waals surface area contributed by atoms with Crippen molar-refractivity contribution in [3.05, 3.63) is 22.4 Å². The van der Waals surface area contributed by atoms with Crippen molar-refractivity contribution < 1.29 is 4.79 Å². The van der Waals surface area contributed by atoms with Crippen LogP contribution in [0.15, 0.2) is 17.5 Å². The van der Waals surface area contributed by atoms with Crippen molar-refractivity contribution in [2.75, 3.05) is 13.1 Å². The number of thiophene rings is 1. The minimum atomic E-state index is -0.514. The number of likely N-dealkylation sites (N-methyl/N-ethyl adjacent to an activating group) is 1. The van der Waals surface area contributed by atoms with E-state index in [4.69, 9.17) is 0 Å². The Kier molecular flexibility index (Phi) is 4.93. The van der Waals surface area contributed by atoms with Gasteiger partial charge in [0.25, 0.3) is 0 Å². The van der Waals surface area contributed by atoms with Crippen LogP contribution < -0.4 is 10.6 Å². The number of hydrogen-bond donors (Lipinski definition) is 2. The van der Waals surface area contributed by atoms with Gasteiger partial charge >= 0.3 is 0 Å². The summed E-state index contributed by atoms with van der Waals surface area (Å²) in [7, 11) is 0. The molecule has 18 heavy (non-hydrogen) atoms. The summed E-state index contributed by atoms with van der Waals surface area (Å²) in [4.78, 5) is 13.4. The fourth-order valence-corrected chi connectivity index (χ4v) is 2.65. The lowest BCUT2D eigenvalue weighted by atomic mass is 9.91. The van der Waals surface area contributed by atoms with Crippen molar-refractivity contribution >= 4 is 17.2 Å². The average Bonchev–Trinajstić information content (AvgIpc) is 2.79. The molecule has 4 heteroatoms. The predicted octanol–water partition coefficient (Wildman–Crippen LogP) is 2.53. The Balaban J connectivity index is 2.58. The van der Waals surface area contributed by atoms with E-state index >= 15 is 0 Å². The molecule has 3 nitrogen and oxygen atoms in total. The Labute approximate surface area is 114 Å². The largest absolute Gasteiger partial charge is 0.354 e. The smallest absolute Gasteiger partial charge is 0.239 e. The number of hydrogen-bond acceptors (Lipinski definition) is 3. The second kappa shape index (κ2) is 5.85. The molecule has 1 rings (SSSR count). The molecule has 1 heterocycles. The standard InChI is InChI=1S/C14H24N2OS/c1-6-16-14(4,5)12(17)15-10-13(2,3)11-8-7-9-18-11/h7-9,16H,6,10H2,1-5H3,(H,15,17). The van der Waals surface area contributed by atoms with Gasteiger partial charge in [0.1, 0.15) is 0 Å². The topological polar surface area (TPSA) is 41.1 Å². The van der Waals surface area contributed by atoms with Gasteiger partial charge in [0, 0.05) is 16.8 Å². The van der Waals surface area contributed by atoms with E-state index in [0.717, 1.165) is 6.54 Å². The Morgan fingerprint density at radius 2 is 2.00 bits per heavy atom. The molecule has 0 bridgehead atoms. The maximum absolute atomic E-state index is 12.1. The van der Waals surface area contributed by atoms with E-state index in [1.54, 1.807) is 11.3 Å². The van der Waals surface area contributed by atoms with Crippen LogP contribution in [0.25, 0.3) is 0 Å². The van der Waals surface area contributed by atoms with E-state index in [2.05, 4.69) is 35.9 Å². The van der Waals surface area contributed by atoms with Crippen molar-refractivity contribution in [1.29, 1.82) is 0 Å². The molecule has 1 aromatic rings. The summed E-state index contributed by atoms with van der Waals surface area (Å²) in [5, 5.41) is 8.30. The Bertz CT molecular complexity index is 383. The maximum Gasteiger partial charge on any atom is 0.239 e. The summed E-state index contributed by atoms with van der Waals surface area (Å²) in [6.07, 6.45) is 0. The van der Waals surface area contributed by atoms with Gasteiger partial charge in [-0.05, 0) is 31.8 Å². The van der Waals surface area contributed by atoms with E-state index in [1.807, 2.05) is 26.8 Å². The Morgan fingerprint density at radius 3 is 2.50 bits per heavy atom. The first-order chi connectivity index (χ1) is 8.29. The third kappa shape index (κ3) is 3.82. The predicted molar refractivity (Wildman–Crippen MR) is 78.1 cm³/mol. The van der Waals surface area contributed by atoms with Crippen molar-refractivity contribution in [1.82, 2.24) is 10.6 Å². The van der Waals surface area contributed by atoms with Crippen molar-refractivity contribution in [2.45, 2.75) is 45.6 Å². The molecule has 102 valence electrons. The van der Waals surface area contributed by atoms with Crippen LogP contribution in [0.2, 0.25) is 0 Å². The summed E-state index contributed by atoms with van der Waals surface area (Å²) >= 11 is 1.73. The van der Waals surface area contributed by atoms with Crippen LogP contribution in [0.5, 0.6) is 0 Å². The SMILES string of the molecule is CCNC(C)(C)C(=O)NCC(C)(C)c1cccs1. The quantitative estimate of drug-likeness (QED) is 0.832. The monoisotopic (exact) mass is 268 g/mol. The van der Waals surface area contributed by atoms with Crippen molar-refractivity contribution in [2.24, 2.45) is 0 Å². The van der Waals surface area contributed by atoms with E-state index in [0.29, 0.717) is 6.54 Å². The van der Waals surface area contributed by atoms with Gasteiger partial charge in [-0.15, -0.1) is 11.3 Å². The summed E-state index contributed by atoms with van der Waals surface area (Å²) in [5.41, 5.74) is -0.535. The van der Waals surface area contributed by atoms with E-state index in [1.165, 1.54) is 4.88 Å². The lowest BCUT2D eigenvalue weighted by molar-refractivity contribution is -0.126. The van der Waals surface area contributed by atoms with Gasteiger partial charge in [-0.2, -0.15) is 0 Å². The van der Waals surface area contributed by atoms with E-state index in [9.17, 15) is 4.79 Å². The molecule has 0 unspecified atom stereocenters. The van der Waals surface area contributed by atoms with Gasteiger partial charge < -0.3 is 10.6 Å². The van der Waals surface area contributed by atoms with E-state index < -0.39 is 5.54 Å². The highest BCUT2D eigenvalue weighted by molar-refractivity contribution is 7.10. The lowest BCUT2D eigenvalue weighted by Crippen LogP contribution is -2.54. The third-order valence-electron chi connectivity index (χ3n) is 3.07. The summed E-state index contributed by atoms with van der Waals surface area (Å²) < 4.78 is 0. The molecule has 0 aromatic carbocycles. The molecule has 1 aromatic heterocycles. The van der Waals surface area contributed by atoms with Crippen LogP contribution in [0.3, 0.4) is 0 Å². The van der Waals surface area contributed by atoms with Gasteiger partial charge in [-0.1, -0.05) is 26.8 Å². The molecule has 0 aliphatic rings. The minimum absolute atomic E-state index is 0.0217. The first kappa shape index (κ1) is 15.2. The van der Waals surface area contributed by atoms with Crippen molar-refractivity contribution in [3.8, 4) is 0 Å². The zero-order chi connectivity index (χ0) is 13.8. The van der Waals surface area contributed by atoms with Crippen LogP contribution in [0, 0.1) is 0 Å². The van der Waals surface area contributed by atoms with Gasteiger partial charge in [0.15, 0.2) is 0 Å². The molecule has 2 N–H and O–H groups in total. The number of carbonyl (C=O) groups excluding carboxylic acids is 1. The molecular formula is C14H24N2OS. The molecule has 0 radical (unpaired) electrons. The van der Waals surface area contributed by atoms with Crippen LogP contribution in [-0.4, -0.2) is 24.5 Å². The van der Waals surface area contributed by atoms with Crippen molar-refractivity contribution in [3.63, 3.8) is 0 Å². The summed E-state index contributed by atoms with van der Waals surface area (Å²) in [6.45, 7) is 11.6. The van der Waals surface area contributed by atoms with Crippen LogP contribution in [0.4, 0.5) is 0 Å². The first-order valence-electron chi connectivity index (χ1n) is 6.37. The number of amides is 1. The summed E-state index contributed by atoms with van der Waals surface area (Å²) in [5.74, 6) is 0.0500. The number of rotatable bonds is 6. The normalized spacial score (nSPS) is 12.5. The fraction of sp³-hybridized carbons (Fsp3) is 0.643. The average molecular weight is 268 g/mol. The summed E-state index contributed by atoms with van der Waals surface area (Å²) in [6, 6.07) is 4.17. The second-order valence-electron chi connectivity index (χ2n) is 5.70. The number of nitrogens with one attached hydrogen (secondary N) is 2. The molecule has 0 spiro atoms. The highest BCUT2D eigenvalue weighted by atomic mass is 32.1. The molecule has 0 atom stereocenters. The molecule has 0 aliphatic carbocycles. The van der Waals surface area contributed by atoms with Gasteiger partial charge in [-0.25, -0.2) is 0 Å². The first-order valence-corrected chi connectivity index (χ1v) is 7.25. The minimum Gasteiger partial charge on any atom is -0.354 e. The van der Waals surface area contributed by atoms with Gasteiger partial charge in [-0.3, -0.25) is 4.79 Å². The molecule has 0 aliphatic heterocycles.